The molecule has 0 fully saturated rings. The Morgan fingerprint density at radius 1 is 1.33 bits per heavy atom. The Balaban J connectivity index is 2.25. The number of hydrogen-bond acceptors (Lipinski definition) is 3. The molecule has 0 saturated carbocycles. The predicted octanol–water partition coefficient (Wildman–Crippen LogP) is 3.64. The van der Waals surface area contributed by atoms with Crippen LogP contribution in [0.4, 0.5) is 0 Å². The monoisotopic (exact) mass is 260 g/mol. The van der Waals surface area contributed by atoms with Crippen molar-refractivity contribution in [3.63, 3.8) is 0 Å². The van der Waals surface area contributed by atoms with Crippen molar-refractivity contribution in [1.82, 2.24) is 10.3 Å². The van der Waals surface area contributed by atoms with Gasteiger partial charge in [0.25, 0.3) is 0 Å². The van der Waals surface area contributed by atoms with Gasteiger partial charge in [-0.25, -0.2) is 0 Å². The minimum atomic E-state index is 0.423. The topological polar surface area (TPSA) is 24.9 Å². The van der Waals surface area contributed by atoms with Crippen LogP contribution >= 0.6 is 11.8 Å². The lowest BCUT2D eigenvalue weighted by molar-refractivity contribution is 0.578. The van der Waals surface area contributed by atoms with Crippen LogP contribution in [0.15, 0.2) is 36.5 Å². The van der Waals surface area contributed by atoms with E-state index < -0.39 is 0 Å². The van der Waals surface area contributed by atoms with E-state index in [4.69, 9.17) is 0 Å². The number of hydrogen-bond donors (Lipinski definition) is 1. The van der Waals surface area contributed by atoms with Crippen molar-refractivity contribution in [2.45, 2.75) is 19.4 Å². The van der Waals surface area contributed by atoms with E-state index in [1.54, 1.807) is 0 Å². The Morgan fingerprint density at radius 3 is 3.00 bits per heavy atom. The zero-order valence-electron chi connectivity index (χ0n) is 11.0. The van der Waals surface area contributed by atoms with E-state index in [9.17, 15) is 0 Å². The maximum atomic E-state index is 4.43. The van der Waals surface area contributed by atoms with E-state index in [0.29, 0.717) is 6.04 Å². The lowest BCUT2D eigenvalue weighted by Crippen LogP contribution is -2.24. The molecule has 2 rings (SSSR count). The average Bonchev–Trinajstić information content (AvgIpc) is 2.43. The second-order valence-corrected chi connectivity index (χ2v) is 5.33. The molecule has 2 nitrogen and oxygen atoms in total. The van der Waals surface area contributed by atoms with Gasteiger partial charge in [-0.2, -0.15) is 11.8 Å². The number of fused-ring (bicyclic) bond motifs is 1. The molecule has 0 saturated heterocycles. The van der Waals surface area contributed by atoms with Gasteiger partial charge in [-0.3, -0.25) is 4.98 Å². The fourth-order valence-electron chi connectivity index (χ4n) is 2.06. The summed E-state index contributed by atoms with van der Waals surface area (Å²) in [5.41, 5.74) is 2.42. The van der Waals surface area contributed by atoms with Crippen molar-refractivity contribution in [2.24, 2.45) is 0 Å². The molecule has 0 aliphatic carbocycles. The van der Waals surface area contributed by atoms with Crippen molar-refractivity contribution in [3.8, 4) is 0 Å². The van der Waals surface area contributed by atoms with Gasteiger partial charge in [-0.05, 0) is 36.9 Å². The van der Waals surface area contributed by atoms with Crippen LogP contribution in [0.2, 0.25) is 0 Å². The molecule has 96 valence electrons. The predicted molar refractivity (Wildman–Crippen MR) is 81.2 cm³/mol. The summed E-state index contributed by atoms with van der Waals surface area (Å²) in [7, 11) is 0. The summed E-state index contributed by atoms with van der Waals surface area (Å²) >= 11 is 1.88. The molecule has 0 aliphatic heterocycles. The molecule has 1 aromatic heterocycles. The van der Waals surface area contributed by atoms with E-state index in [1.165, 1.54) is 10.9 Å². The second kappa shape index (κ2) is 6.76. The van der Waals surface area contributed by atoms with Crippen molar-refractivity contribution in [1.29, 1.82) is 0 Å². The Labute approximate surface area is 113 Å². The number of rotatable bonds is 6. The maximum Gasteiger partial charge on any atom is 0.0705 e. The lowest BCUT2D eigenvalue weighted by Gasteiger charge is -2.18. The van der Waals surface area contributed by atoms with Gasteiger partial charge in [-0.1, -0.05) is 25.1 Å². The minimum absolute atomic E-state index is 0.423. The van der Waals surface area contributed by atoms with Crippen LogP contribution in [0, 0.1) is 0 Å². The molecular weight excluding hydrogens is 240 g/mol. The van der Waals surface area contributed by atoms with Gasteiger partial charge in [0, 0.05) is 23.4 Å². The van der Waals surface area contributed by atoms with Crippen LogP contribution < -0.4 is 5.32 Å². The zero-order valence-corrected chi connectivity index (χ0v) is 11.8. The number of nitrogens with one attached hydrogen (secondary N) is 1. The van der Waals surface area contributed by atoms with Crippen molar-refractivity contribution >= 4 is 22.7 Å². The number of thioether (sulfide) groups is 1. The van der Waals surface area contributed by atoms with Crippen molar-refractivity contribution in [2.75, 3.05) is 18.6 Å². The SMILES string of the molecule is CCCNC(CSC)c1ccc2cccnc2c1. The summed E-state index contributed by atoms with van der Waals surface area (Å²) in [5.74, 6) is 1.10. The van der Waals surface area contributed by atoms with Crippen LogP contribution in [-0.4, -0.2) is 23.5 Å². The molecule has 0 spiro atoms. The molecule has 2 aromatic rings. The molecule has 3 heteroatoms. The smallest absolute Gasteiger partial charge is 0.0705 e. The Bertz CT molecular complexity index is 499. The molecule has 1 atom stereocenters. The normalized spacial score (nSPS) is 12.8. The van der Waals surface area contributed by atoms with Crippen LogP contribution in [0.5, 0.6) is 0 Å². The van der Waals surface area contributed by atoms with E-state index in [0.717, 1.165) is 24.2 Å². The fraction of sp³-hybridized carbons (Fsp3) is 0.400. The third-order valence-corrected chi connectivity index (χ3v) is 3.67. The standard InChI is InChI=1S/C15H20N2S/c1-3-8-16-15(11-18-2)13-7-6-12-5-4-9-17-14(12)10-13/h4-7,9-10,15-16H,3,8,11H2,1-2H3. The Kier molecular flexibility index (Phi) is 5.02. The molecule has 1 aromatic carbocycles. The van der Waals surface area contributed by atoms with Gasteiger partial charge in [0.1, 0.15) is 0 Å². The summed E-state index contributed by atoms with van der Waals surface area (Å²) in [6.45, 7) is 3.26. The van der Waals surface area contributed by atoms with E-state index in [2.05, 4.69) is 47.7 Å². The van der Waals surface area contributed by atoms with Gasteiger partial charge in [0.15, 0.2) is 0 Å². The van der Waals surface area contributed by atoms with Crippen LogP contribution in [0.1, 0.15) is 24.9 Å². The average molecular weight is 260 g/mol. The number of nitrogens with zero attached hydrogens (tertiary/aromatic N) is 1. The van der Waals surface area contributed by atoms with E-state index in [1.807, 2.05) is 24.0 Å². The van der Waals surface area contributed by atoms with Crippen molar-refractivity contribution < 1.29 is 0 Å². The molecule has 1 heterocycles. The van der Waals surface area contributed by atoms with Crippen LogP contribution in [0.25, 0.3) is 10.9 Å². The summed E-state index contributed by atoms with van der Waals surface area (Å²) in [6, 6.07) is 11.1. The van der Waals surface area contributed by atoms with Crippen LogP contribution in [0.3, 0.4) is 0 Å². The highest BCUT2D eigenvalue weighted by molar-refractivity contribution is 7.98. The molecule has 18 heavy (non-hydrogen) atoms. The Hall–Kier alpha value is -1.06. The largest absolute Gasteiger partial charge is 0.309 e. The maximum absolute atomic E-state index is 4.43. The number of aromatic nitrogens is 1. The first kappa shape index (κ1) is 13.4. The first-order valence-corrected chi connectivity index (χ1v) is 7.81. The molecule has 0 bridgehead atoms. The molecule has 1 unspecified atom stereocenters. The first-order chi connectivity index (χ1) is 8.85. The van der Waals surface area contributed by atoms with Gasteiger partial charge in [0.05, 0.1) is 5.52 Å². The summed E-state index contributed by atoms with van der Waals surface area (Å²) in [5, 5.41) is 4.81. The quantitative estimate of drug-likeness (QED) is 0.858. The molecule has 0 aliphatic rings. The lowest BCUT2D eigenvalue weighted by atomic mass is 10.1. The summed E-state index contributed by atoms with van der Waals surface area (Å²) in [4.78, 5) is 4.43. The summed E-state index contributed by atoms with van der Waals surface area (Å²) < 4.78 is 0. The number of benzene rings is 1. The third kappa shape index (κ3) is 3.24. The fourth-order valence-corrected chi connectivity index (χ4v) is 2.70. The highest BCUT2D eigenvalue weighted by Gasteiger charge is 2.10. The van der Waals surface area contributed by atoms with E-state index in [-0.39, 0.29) is 0 Å². The highest BCUT2D eigenvalue weighted by Crippen LogP contribution is 2.21. The van der Waals surface area contributed by atoms with E-state index >= 15 is 0 Å². The number of pyridine rings is 1. The van der Waals surface area contributed by atoms with Gasteiger partial charge in [0.2, 0.25) is 0 Å². The first-order valence-electron chi connectivity index (χ1n) is 6.42. The molecule has 0 radical (unpaired) electrons. The van der Waals surface area contributed by atoms with Crippen LogP contribution in [-0.2, 0) is 0 Å². The molecular formula is C15H20N2S. The minimum Gasteiger partial charge on any atom is -0.309 e. The summed E-state index contributed by atoms with van der Waals surface area (Å²) in [6.07, 6.45) is 5.17. The van der Waals surface area contributed by atoms with Gasteiger partial charge < -0.3 is 5.32 Å². The molecule has 0 amide bonds. The molecule has 1 N–H and O–H groups in total. The Morgan fingerprint density at radius 2 is 2.22 bits per heavy atom. The highest BCUT2D eigenvalue weighted by atomic mass is 32.2. The second-order valence-electron chi connectivity index (χ2n) is 4.42. The van der Waals surface area contributed by atoms with Gasteiger partial charge in [-0.15, -0.1) is 0 Å². The van der Waals surface area contributed by atoms with Gasteiger partial charge >= 0.3 is 0 Å². The van der Waals surface area contributed by atoms with Crippen molar-refractivity contribution in [3.05, 3.63) is 42.1 Å². The third-order valence-electron chi connectivity index (χ3n) is 3.01. The zero-order chi connectivity index (χ0) is 12.8.